The van der Waals surface area contributed by atoms with Crippen molar-refractivity contribution in [3.05, 3.63) is 16.1 Å². The maximum Gasteiger partial charge on any atom is 0.0925 e. The van der Waals surface area contributed by atoms with Crippen molar-refractivity contribution in [1.82, 2.24) is 10.3 Å². The molecule has 1 heterocycles. The fraction of sp³-hybridized carbons (Fsp3) is 0.786. The molecule has 0 aromatic carbocycles. The van der Waals surface area contributed by atoms with Gasteiger partial charge in [-0.1, -0.05) is 26.2 Å². The van der Waals surface area contributed by atoms with Crippen LogP contribution in [0.15, 0.2) is 6.20 Å². The first kappa shape index (κ1) is 13.0. The SMILES string of the molecule is CCc1ncc(CNC(C)C2CCCCC2)s1. The van der Waals surface area contributed by atoms with E-state index >= 15 is 0 Å². The molecule has 1 aromatic heterocycles. The first-order valence-electron chi connectivity index (χ1n) is 6.96. The van der Waals surface area contributed by atoms with Crippen LogP contribution in [0.5, 0.6) is 0 Å². The highest BCUT2D eigenvalue weighted by atomic mass is 32.1. The van der Waals surface area contributed by atoms with E-state index in [9.17, 15) is 0 Å². The molecule has 0 amide bonds. The number of rotatable bonds is 5. The third kappa shape index (κ3) is 3.78. The molecule has 2 nitrogen and oxygen atoms in total. The third-order valence-electron chi connectivity index (χ3n) is 3.86. The number of nitrogens with zero attached hydrogens (tertiary/aromatic N) is 1. The molecule has 1 aromatic rings. The summed E-state index contributed by atoms with van der Waals surface area (Å²) in [5.41, 5.74) is 0. The summed E-state index contributed by atoms with van der Waals surface area (Å²) in [6.07, 6.45) is 10.2. The Morgan fingerprint density at radius 2 is 2.18 bits per heavy atom. The van der Waals surface area contributed by atoms with Crippen LogP contribution in [0, 0.1) is 5.92 Å². The van der Waals surface area contributed by atoms with Gasteiger partial charge in [-0.25, -0.2) is 4.98 Å². The second-order valence-corrected chi connectivity index (χ2v) is 6.34. The van der Waals surface area contributed by atoms with Crippen molar-refractivity contribution in [3.63, 3.8) is 0 Å². The summed E-state index contributed by atoms with van der Waals surface area (Å²) < 4.78 is 0. The minimum atomic E-state index is 0.655. The highest BCUT2D eigenvalue weighted by molar-refractivity contribution is 7.11. The number of aryl methyl sites for hydroxylation is 1. The predicted molar refractivity (Wildman–Crippen MR) is 74.4 cm³/mol. The van der Waals surface area contributed by atoms with Crippen molar-refractivity contribution in [1.29, 1.82) is 0 Å². The van der Waals surface area contributed by atoms with Gasteiger partial charge in [0.2, 0.25) is 0 Å². The van der Waals surface area contributed by atoms with Crippen LogP contribution >= 0.6 is 11.3 Å². The Labute approximate surface area is 109 Å². The minimum absolute atomic E-state index is 0.655. The Bertz CT molecular complexity index is 329. The molecule has 0 spiro atoms. The van der Waals surface area contributed by atoms with Crippen LogP contribution in [0.25, 0.3) is 0 Å². The Morgan fingerprint density at radius 3 is 2.82 bits per heavy atom. The highest BCUT2D eigenvalue weighted by Gasteiger charge is 2.19. The Hall–Kier alpha value is -0.410. The largest absolute Gasteiger partial charge is 0.309 e. The zero-order valence-corrected chi connectivity index (χ0v) is 11.9. The molecule has 2 rings (SSSR count). The Balaban J connectivity index is 1.76. The lowest BCUT2D eigenvalue weighted by Crippen LogP contribution is -2.34. The number of hydrogen-bond donors (Lipinski definition) is 1. The van der Waals surface area contributed by atoms with Crippen molar-refractivity contribution >= 4 is 11.3 Å². The lowest BCUT2D eigenvalue weighted by Gasteiger charge is -2.28. The van der Waals surface area contributed by atoms with E-state index in [1.54, 1.807) is 0 Å². The van der Waals surface area contributed by atoms with E-state index in [0.717, 1.165) is 18.9 Å². The molecule has 1 aliphatic carbocycles. The van der Waals surface area contributed by atoms with E-state index in [0.29, 0.717) is 6.04 Å². The van der Waals surface area contributed by atoms with Crippen molar-refractivity contribution in [2.75, 3.05) is 0 Å². The lowest BCUT2D eigenvalue weighted by molar-refractivity contribution is 0.281. The van der Waals surface area contributed by atoms with Crippen molar-refractivity contribution in [2.24, 2.45) is 5.92 Å². The van der Waals surface area contributed by atoms with Gasteiger partial charge < -0.3 is 5.32 Å². The van der Waals surface area contributed by atoms with Crippen molar-refractivity contribution < 1.29 is 0 Å². The molecule has 0 saturated heterocycles. The maximum atomic E-state index is 4.40. The van der Waals surface area contributed by atoms with Crippen LogP contribution in [0.2, 0.25) is 0 Å². The topological polar surface area (TPSA) is 24.9 Å². The van der Waals surface area contributed by atoms with E-state index in [-0.39, 0.29) is 0 Å². The Morgan fingerprint density at radius 1 is 1.41 bits per heavy atom. The van der Waals surface area contributed by atoms with Crippen LogP contribution < -0.4 is 5.32 Å². The van der Waals surface area contributed by atoms with Crippen molar-refractivity contribution in [2.45, 2.75) is 65.0 Å². The first-order valence-corrected chi connectivity index (χ1v) is 7.78. The van der Waals surface area contributed by atoms with Crippen molar-refractivity contribution in [3.8, 4) is 0 Å². The van der Waals surface area contributed by atoms with Gasteiger partial charge in [0.15, 0.2) is 0 Å². The van der Waals surface area contributed by atoms with Gasteiger partial charge in [0.1, 0.15) is 0 Å². The van der Waals surface area contributed by atoms with E-state index in [1.807, 2.05) is 17.5 Å². The van der Waals surface area contributed by atoms with E-state index in [1.165, 1.54) is 42.0 Å². The van der Waals surface area contributed by atoms with Gasteiger partial charge >= 0.3 is 0 Å². The zero-order chi connectivity index (χ0) is 12.1. The average Bonchev–Trinajstić information content (AvgIpc) is 2.85. The highest BCUT2D eigenvalue weighted by Crippen LogP contribution is 2.26. The molecule has 1 unspecified atom stereocenters. The summed E-state index contributed by atoms with van der Waals surface area (Å²) in [6.45, 7) is 5.51. The normalized spacial score (nSPS) is 19.4. The standard InChI is InChI=1S/C14H24N2S/c1-3-14-16-10-13(17-14)9-15-11(2)12-7-5-4-6-8-12/h10-12,15H,3-9H2,1-2H3. The number of aromatic nitrogens is 1. The lowest BCUT2D eigenvalue weighted by atomic mass is 9.84. The van der Waals surface area contributed by atoms with Gasteiger partial charge in [0.05, 0.1) is 5.01 Å². The third-order valence-corrected chi connectivity index (χ3v) is 5.00. The molecular formula is C14H24N2S. The molecule has 3 heteroatoms. The van der Waals surface area contributed by atoms with Gasteiger partial charge in [-0.3, -0.25) is 0 Å². The van der Waals surface area contributed by atoms with Gasteiger partial charge in [-0.05, 0) is 32.1 Å². The molecule has 0 aliphatic heterocycles. The summed E-state index contributed by atoms with van der Waals surface area (Å²) in [5.74, 6) is 0.891. The van der Waals surface area contributed by atoms with Gasteiger partial charge in [-0.15, -0.1) is 11.3 Å². The molecule has 17 heavy (non-hydrogen) atoms. The summed E-state index contributed by atoms with van der Waals surface area (Å²) in [7, 11) is 0. The minimum Gasteiger partial charge on any atom is -0.309 e. The van der Waals surface area contributed by atoms with Gasteiger partial charge in [0, 0.05) is 23.7 Å². The number of thiazole rings is 1. The maximum absolute atomic E-state index is 4.40. The van der Waals surface area contributed by atoms with Crippen LogP contribution in [0.4, 0.5) is 0 Å². The summed E-state index contributed by atoms with van der Waals surface area (Å²) in [5, 5.41) is 4.93. The van der Waals surface area contributed by atoms with Crippen LogP contribution in [-0.4, -0.2) is 11.0 Å². The second kappa shape index (κ2) is 6.50. The Kier molecular flexibility index (Phi) is 4.99. The van der Waals surface area contributed by atoms with E-state index in [4.69, 9.17) is 0 Å². The molecule has 1 atom stereocenters. The second-order valence-electron chi connectivity index (χ2n) is 5.14. The van der Waals surface area contributed by atoms with Crippen LogP contribution in [0.3, 0.4) is 0 Å². The molecule has 1 aliphatic rings. The van der Waals surface area contributed by atoms with Crippen LogP contribution in [0.1, 0.15) is 55.8 Å². The van der Waals surface area contributed by atoms with E-state index in [2.05, 4.69) is 24.1 Å². The molecule has 1 N–H and O–H groups in total. The summed E-state index contributed by atoms with van der Waals surface area (Å²) in [4.78, 5) is 5.78. The molecule has 0 radical (unpaired) electrons. The van der Waals surface area contributed by atoms with E-state index < -0.39 is 0 Å². The fourth-order valence-electron chi connectivity index (χ4n) is 2.66. The smallest absolute Gasteiger partial charge is 0.0925 e. The summed E-state index contributed by atoms with van der Waals surface area (Å²) >= 11 is 1.85. The fourth-order valence-corrected chi connectivity index (χ4v) is 3.47. The van der Waals surface area contributed by atoms with Gasteiger partial charge in [-0.2, -0.15) is 0 Å². The zero-order valence-electron chi connectivity index (χ0n) is 11.0. The molecule has 0 bridgehead atoms. The molecular weight excluding hydrogens is 228 g/mol. The van der Waals surface area contributed by atoms with Gasteiger partial charge in [0.25, 0.3) is 0 Å². The predicted octanol–water partition coefficient (Wildman–Crippen LogP) is 3.76. The molecule has 1 saturated carbocycles. The monoisotopic (exact) mass is 252 g/mol. The summed E-state index contributed by atoms with van der Waals surface area (Å²) in [6, 6.07) is 0.655. The number of nitrogens with one attached hydrogen (secondary N) is 1. The first-order chi connectivity index (χ1) is 8.29. The molecule has 1 fully saturated rings. The molecule has 96 valence electrons. The quantitative estimate of drug-likeness (QED) is 0.863. The number of hydrogen-bond acceptors (Lipinski definition) is 3. The van der Waals surface area contributed by atoms with Crippen LogP contribution in [-0.2, 0) is 13.0 Å². The average molecular weight is 252 g/mol.